The summed E-state index contributed by atoms with van der Waals surface area (Å²) in [5, 5.41) is 12.3. The maximum Gasteiger partial charge on any atom is 0.230 e. The Morgan fingerprint density at radius 2 is 2.07 bits per heavy atom. The van der Waals surface area contributed by atoms with Crippen molar-refractivity contribution in [2.75, 3.05) is 11.9 Å². The van der Waals surface area contributed by atoms with Crippen LogP contribution in [0.2, 0.25) is 0 Å². The molecule has 1 aromatic carbocycles. The van der Waals surface area contributed by atoms with Crippen molar-refractivity contribution in [3.63, 3.8) is 0 Å². The van der Waals surface area contributed by atoms with Crippen LogP contribution in [0.3, 0.4) is 0 Å². The van der Waals surface area contributed by atoms with Gasteiger partial charge in [0.2, 0.25) is 5.91 Å². The van der Waals surface area contributed by atoms with Crippen LogP contribution in [0.4, 0.5) is 4.39 Å². The second-order valence-corrected chi connectivity index (χ2v) is 3.57. The smallest absolute Gasteiger partial charge is 0.230 e. The van der Waals surface area contributed by atoms with Gasteiger partial charge in [-0.2, -0.15) is 0 Å². The molecule has 0 aliphatic heterocycles. The molecule has 0 heterocycles. The highest BCUT2D eigenvalue weighted by atomic mass is 79.9. The van der Waals surface area contributed by atoms with Gasteiger partial charge in [0.05, 0.1) is 11.4 Å². The second-order valence-electron chi connectivity index (χ2n) is 3.01. The molecular weight excluding hydrogens is 265 g/mol. The summed E-state index contributed by atoms with van der Waals surface area (Å²) >= 11 is 2.99. The first-order valence-corrected chi connectivity index (χ1v) is 5.52. The molecule has 0 fully saturated rings. The van der Waals surface area contributed by atoms with Crippen molar-refractivity contribution in [2.24, 2.45) is 0 Å². The molecule has 1 amide bonds. The second kappa shape index (κ2) is 5.82. The van der Waals surface area contributed by atoms with E-state index in [9.17, 15) is 14.3 Å². The summed E-state index contributed by atoms with van der Waals surface area (Å²) in [5.41, 5.74) is 0.575. The van der Waals surface area contributed by atoms with E-state index in [0.717, 1.165) is 0 Å². The average Bonchev–Trinajstić information content (AvgIpc) is 2.26. The molecule has 0 aliphatic carbocycles. The fourth-order valence-electron chi connectivity index (χ4n) is 1.06. The number of carbonyl (C=O) groups is 1. The van der Waals surface area contributed by atoms with E-state index < -0.39 is 6.10 Å². The Bertz CT molecular complexity index is 329. The molecule has 82 valence electrons. The normalized spacial score (nSPS) is 12.2. The van der Waals surface area contributed by atoms with Crippen molar-refractivity contribution < 1.29 is 14.3 Å². The molecule has 0 saturated heterocycles. The Labute approximate surface area is 95.4 Å². The lowest BCUT2D eigenvalue weighted by molar-refractivity contribution is -0.118. The van der Waals surface area contributed by atoms with E-state index in [-0.39, 0.29) is 23.6 Å². The predicted molar refractivity (Wildman–Crippen MR) is 58.2 cm³/mol. The molecule has 5 heteroatoms. The van der Waals surface area contributed by atoms with Crippen molar-refractivity contribution >= 4 is 21.8 Å². The number of aliphatic hydroxyl groups is 1. The van der Waals surface area contributed by atoms with Crippen molar-refractivity contribution in [1.82, 2.24) is 5.32 Å². The minimum Gasteiger partial charge on any atom is -0.387 e. The van der Waals surface area contributed by atoms with Crippen molar-refractivity contribution in [1.29, 1.82) is 0 Å². The Balaban J connectivity index is 2.50. The maximum absolute atomic E-state index is 12.6. The lowest BCUT2D eigenvalue weighted by Gasteiger charge is -2.11. The van der Waals surface area contributed by atoms with Crippen molar-refractivity contribution in [3.8, 4) is 0 Å². The monoisotopic (exact) mass is 275 g/mol. The van der Waals surface area contributed by atoms with Gasteiger partial charge in [-0.1, -0.05) is 28.1 Å². The van der Waals surface area contributed by atoms with Crippen LogP contribution >= 0.6 is 15.9 Å². The minimum atomic E-state index is -0.811. The van der Waals surface area contributed by atoms with E-state index in [4.69, 9.17) is 0 Å². The van der Waals surface area contributed by atoms with E-state index in [1.54, 1.807) is 0 Å². The van der Waals surface area contributed by atoms with Crippen LogP contribution in [0.1, 0.15) is 11.7 Å². The van der Waals surface area contributed by atoms with E-state index >= 15 is 0 Å². The van der Waals surface area contributed by atoms with Gasteiger partial charge in [-0.15, -0.1) is 0 Å². The highest BCUT2D eigenvalue weighted by Gasteiger charge is 2.08. The first kappa shape index (κ1) is 12.1. The molecule has 3 nitrogen and oxygen atoms in total. The third-order valence-electron chi connectivity index (χ3n) is 1.87. The first-order chi connectivity index (χ1) is 7.13. The number of alkyl halides is 1. The molecule has 1 rings (SSSR count). The summed E-state index contributed by atoms with van der Waals surface area (Å²) in [6.07, 6.45) is -0.811. The molecule has 0 aromatic heterocycles. The molecule has 1 unspecified atom stereocenters. The Morgan fingerprint density at radius 3 is 2.60 bits per heavy atom. The van der Waals surface area contributed by atoms with Crippen LogP contribution in [0.15, 0.2) is 24.3 Å². The minimum absolute atomic E-state index is 0.121. The van der Waals surface area contributed by atoms with Gasteiger partial charge in [-0.3, -0.25) is 4.79 Å². The van der Waals surface area contributed by atoms with Gasteiger partial charge < -0.3 is 10.4 Å². The maximum atomic E-state index is 12.6. The zero-order valence-corrected chi connectivity index (χ0v) is 9.50. The van der Waals surface area contributed by atoms with Crippen LogP contribution in [0.25, 0.3) is 0 Å². The Hall–Kier alpha value is -0.940. The lowest BCUT2D eigenvalue weighted by atomic mass is 10.1. The summed E-state index contributed by atoms with van der Waals surface area (Å²) in [6.45, 7) is 0.121. The third kappa shape index (κ3) is 3.97. The van der Waals surface area contributed by atoms with Crippen molar-refractivity contribution in [2.45, 2.75) is 6.10 Å². The SMILES string of the molecule is O=C(CBr)NCC(O)c1ccc(F)cc1. The lowest BCUT2D eigenvalue weighted by Crippen LogP contribution is -2.29. The zero-order valence-electron chi connectivity index (χ0n) is 7.91. The van der Waals surface area contributed by atoms with E-state index in [0.29, 0.717) is 5.56 Å². The molecule has 1 atom stereocenters. The number of nitrogens with one attached hydrogen (secondary N) is 1. The molecule has 15 heavy (non-hydrogen) atoms. The first-order valence-electron chi connectivity index (χ1n) is 4.39. The van der Waals surface area contributed by atoms with Gasteiger partial charge >= 0.3 is 0 Å². The Kier molecular flexibility index (Phi) is 4.71. The van der Waals surface area contributed by atoms with Crippen LogP contribution in [-0.4, -0.2) is 22.9 Å². The van der Waals surface area contributed by atoms with Crippen molar-refractivity contribution in [3.05, 3.63) is 35.6 Å². The molecule has 0 bridgehead atoms. The highest BCUT2D eigenvalue weighted by Crippen LogP contribution is 2.12. The van der Waals surface area contributed by atoms with Gasteiger partial charge in [0, 0.05) is 6.54 Å². The molecule has 1 aromatic rings. The van der Waals surface area contributed by atoms with Gasteiger partial charge in [0.25, 0.3) is 0 Å². The molecule has 0 spiro atoms. The standard InChI is InChI=1S/C10H11BrFNO2/c11-5-10(15)13-6-9(14)7-1-3-8(12)4-2-7/h1-4,9,14H,5-6H2,(H,13,15). The number of benzene rings is 1. The molecule has 2 N–H and O–H groups in total. The topological polar surface area (TPSA) is 49.3 Å². The average molecular weight is 276 g/mol. The van der Waals surface area contributed by atoms with Crippen LogP contribution in [-0.2, 0) is 4.79 Å². The molecule has 0 saturated carbocycles. The van der Waals surface area contributed by atoms with Gasteiger partial charge in [0.1, 0.15) is 5.82 Å². The zero-order chi connectivity index (χ0) is 11.3. The Morgan fingerprint density at radius 1 is 1.47 bits per heavy atom. The number of carbonyl (C=O) groups excluding carboxylic acids is 1. The molecule has 0 aliphatic rings. The van der Waals surface area contributed by atoms with E-state index in [1.165, 1.54) is 24.3 Å². The number of aliphatic hydroxyl groups excluding tert-OH is 1. The van der Waals surface area contributed by atoms with Gasteiger partial charge in [0.15, 0.2) is 0 Å². The van der Waals surface area contributed by atoms with Crippen LogP contribution in [0.5, 0.6) is 0 Å². The van der Waals surface area contributed by atoms with E-state index in [2.05, 4.69) is 21.2 Å². The predicted octanol–water partition coefficient (Wildman–Crippen LogP) is 1.37. The van der Waals surface area contributed by atoms with Crippen LogP contribution in [0, 0.1) is 5.82 Å². The fourth-order valence-corrected chi connectivity index (χ4v) is 1.26. The quantitative estimate of drug-likeness (QED) is 0.816. The largest absolute Gasteiger partial charge is 0.387 e. The number of rotatable bonds is 4. The third-order valence-corrected chi connectivity index (χ3v) is 2.38. The molecular formula is C10H11BrFNO2. The number of halogens is 2. The number of hydrogen-bond donors (Lipinski definition) is 2. The highest BCUT2D eigenvalue weighted by molar-refractivity contribution is 9.09. The number of amides is 1. The van der Waals surface area contributed by atoms with E-state index in [1.807, 2.05) is 0 Å². The summed E-state index contributed by atoms with van der Waals surface area (Å²) in [7, 11) is 0. The summed E-state index contributed by atoms with van der Waals surface area (Å²) in [4.78, 5) is 10.9. The summed E-state index contributed by atoms with van der Waals surface area (Å²) < 4.78 is 12.6. The number of hydrogen-bond acceptors (Lipinski definition) is 2. The summed E-state index contributed by atoms with van der Waals surface area (Å²) in [6, 6.07) is 5.51. The van der Waals surface area contributed by atoms with Gasteiger partial charge in [-0.05, 0) is 17.7 Å². The van der Waals surface area contributed by atoms with Gasteiger partial charge in [-0.25, -0.2) is 4.39 Å². The van der Waals surface area contributed by atoms with Crippen LogP contribution < -0.4 is 5.32 Å². The summed E-state index contributed by atoms with van der Waals surface area (Å²) in [5.74, 6) is -0.549. The fraction of sp³-hybridized carbons (Fsp3) is 0.300. The molecule has 0 radical (unpaired) electrons.